The van der Waals surface area contributed by atoms with E-state index in [-0.39, 0.29) is 11.8 Å². The van der Waals surface area contributed by atoms with Gasteiger partial charge in [-0.1, -0.05) is 25.0 Å². The Kier molecular flexibility index (Phi) is 4.40. The lowest BCUT2D eigenvalue weighted by Gasteiger charge is -2.13. The summed E-state index contributed by atoms with van der Waals surface area (Å²) in [4.78, 5) is 11.7. The topological polar surface area (TPSA) is 41.1 Å². The van der Waals surface area contributed by atoms with Crippen molar-refractivity contribution in [3.8, 4) is 0 Å². The molecule has 3 nitrogen and oxygen atoms in total. The summed E-state index contributed by atoms with van der Waals surface area (Å²) in [7, 11) is 0. The van der Waals surface area contributed by atoms with Crippen molar-refractivity contribution in [2.24, 2.45) is 0 Å². The van der Waals surface area contributed by atoms with Crippen molar-refractivity contribution in [2.75, 3.05) is 0 Å². The molecule has 0 aromatic heterocycles. The third-order valence-electron chi connectivity index (χ3n) is 3.64. The first-order valence-corrected chi connectivity index (χ1v) is 6.86. The lowest BCUT2D eigenvalue weighted by atomic mass is 10.1. The van der Waals surface area contributed by atoms with Crippen LogP contribution in [0, 0.1) is 19.7 Å². The zero-order chi connectivity index (χ0) is 13.8. The molecule has 0 bridgehead atoms. The fourth-order valence-corrected chi connectivity index (χ4v) is 2.63. The molecular formula is C15H21FN2O. The van der Waals surface area contributed by atoms with E-state index in [0.29, 0.717) is 23.7 Å². The number of amides is 2. The SMILES string of the molecule is Cc1cc(CNC(=O)NC2CCCC2)cc(C)c1F. The van der Waals surface area contributed by atoms with Gasteiger partial charge in [0.25, 0.3) is 0 Å². The van der Waals surface area contributed by atoms with Crippen LogP contribution in [0.4, 0.5) is 9.18 Å². The number of nitrogens with one attached hydrogen (secondary N) is 2. The number of carbonyl (C=O) groups is 1. The standard InChI is InChI=1S/C15H21FN2O/c1-10-7-12(8-11(2)14(10)16)9-17-15(19)18-13-5-3-4-6-13/h7-8,13H,3-6,9H2,1-2H3,(H2,17,18,19). The molecule has 1 saturated carbocycles. The Hall–Kier alpha value is -1.58. The minimum atomic E-state index is -0.167. The van der Waals surface area contributed by atoms with E-state index < -0.39 is 0 Å². The number of hydrogen-bond acceptors (Lipinski definition) is 1. The maximum Gasteiger partial charge on any atom is 0.315 e. The zero-order valence-corrected chi connectivity index (χ0v) is 11.6. The maximum atomic E-state index is 13.5. The molecule has 0 saturated heterocycles. The zero-order valence-electron chi connectivity index (χ0n) is 11.6. The van der Waals surface area contributed by atoms with Crippen LogP contribution in [0.1, 0.15) is 42.4 Å². The minimum absolute atomic E-state index is 0.133. The summed E-state index contributed by atoms with van der Waals surface area (Å²) in [5.41, 5.74) is 2.17. The van der Waals surface area contributed by atoms with Crippen molar-refractivity contribution in [1.82, 2.24) is 10.6 Å². The van der Waals surface area contributed by atoms with Gasteiger partial charge in [-0.05, 0) is 43.4 Å². The molecule has 0 spiro atoms. The first kappa shape index (κ1) is 13.8. The highest BCUT2D eigenvalue weighted by molar-refractivity contribution is 5.74. The lowest BCUT2D eigenvalue weighted by molar-refractivity contribution is 0.236. The van der Waals surface area contributed by atoms with Crippen molar-refractivity contribution < 1.29 is 9.18 Å². The molecule has 1 aromatic rings. The average molecular weight is 264 g/mol. The van der Waals surface area contributed by atoms with Crippen molar-refractivity contribution in [1.29, 1.82) is 0 Å². The molecule has 1 aromatic carbocycles. The van der Waals surface area contributed by atoms with Crippen LogP contribution in [0.15, 0.2) is 12.1 Å². The second-order valence-electron chi connectivity index (χ2n) is 5.35. The van der Waals surface area contributed by atoms with E-state index in [4.69, 9.17) is 0 Å². The highest BCUT2D eigenvalue weighted by Crippen LogP contribution is 2.17. The number of carbonyl (C=O) groups excluding carboxylic acids is 1. The predicted molar refractivity (Wildman–Crippen MR) is 73.5 cm³/mol. The van der Waals surface area contributed by atoms with E-state index in [2.05, 4.69) is 10.6 Å². The number of aryl methyl sites for hydroxylation is 2. The molecule has 0 radical (unpaired) electrons. The predicted octanol–water partition coefficient (Wildman–Crippen LogP) is 3.18. The van der Waals surface area contributed by atoms with E-state index in [1.165, 1.54) is 12.8 Å². The molecule has 1 aliphatic carbocycles. The van der Waals surface area contributed by atoms with Gasteiger partial charge in [0.05, 0.1) is 0 Å². The fourth-order valence-electron chi connectivity index (χ4n) is 2.63. The van der Waals surface area contributed by atoms with Gasteiger partial charge >= 0.3 is 6.03 Å². The third-order valence-corrected chi connectivity index (χ3v) is 3.64. The maximum absolute atomic E-state index is 13.5. The van der Waals surface area contributed by atoms with Crippen molar-refractivity contribution in [3.63, 3.8) is 0 Å². The number of urea groups is 1. The normalized spacial score (nSPS) is 15.5. The summed E-state index contributed by atoms with van der Waals surface area (Å²) in [6.45, 7) is 3.91. The Bertz CT molecular complexity index is 444. The quantitative estimate of drug-likeness (QED) is 0.865. The Labute approximate surface area is 113 Å². The Morgan fingerprint density at radius 1 is 1.26 bits per heavy atom. The minimum Gasteiger partial charge on any atom is -0.335 e. The van der Waals surface area contributed by atoms with Crippen molar-refractivity contribution in [2.45, 2.75) is 52.1 Å². The van der Waals surface area contributed by atoms with Gasteiger partial charge in [-0.2, -0.15) is 0 Å². The molecule has 0 unspecified atom stereocenters. The van der Waals surface area contributed by atoms with Crippen molar-refractivity contribution >= 4 is 6.03 Å². The van der Waals surface area contributed by atoms with E-state index >= 15 is 0 Å². The van der Waals surface area contributed by atoms with Gasteiger partial charge in [0.15, 0.2) is 0 Å². The van der Waals surface area contributed by atoms with E-state index in [1.54, 1.807) is 26.0 Å². The lowest BCUT2D eigenvalue weighted by Crippen LogP contribution is -2.40. The van der Waals surface area contributed by atoms with Crippen LogP contribution < -0.4 is 10.6 Å². The summed E-state index contributed by atoms with van der Waals surface area (Å²) in [5, 5.41) is 5.79. The highest BCUT2D eigenvalue weighted by Gasteiger charge is 2.16. The molecule has 104 valence electrons. The van der Waals surface area contributed by atoms with Crippen LogP contribution in [0.25, 0.3) is 0 Å². The second-order valence-corrected chi connectivity index (χ2v) is 5.35. The van der Waals surface area contributed by atoms with Crippen LogP contribution in [0.3, 0.4) is 0 Å². The monoisotopic (exact) mass is 264 g/mol. The van der Waals surface area contributed by atoms with Gasteiger partial charge in [0.1, 0.15) is 5.82 Å². The van der Waals surface area contributed by atoms with E-state index in [9.17, 15) is 9.18 Å². The smallest absolute Gasteiger partial charge is 0.315 e. The molecular weight excluding hydrogens is 243 g/mol. The van der Waals surface area contributed by atoms with Crippen LogP contribution in [-0.4, -0.2) is 12.1 Å². The summed E-state index contributed by atoms with van der Waals surface area (Å²) in [5.74, 6) is -0.167. The number of hydrogen-bond donors (Lipinski definition) is 2. The molecule has 2 N–H and O–H groups in total. The fraction of sp³-hybridized carbons (Fsp3) is 0.533. The molecule has 2 rings (SSSR count). The highest BCUT2D eigenvalue weighted by atomic mass is 19.1. The Morgan fingerprint density at radius 2 is 1.84 bits per heavy atom. The molecule has 4 heteroatoms. The van der Waals surface area contributed by atoms with Gasteiger partial charge in [-0.15, -0.1) is 0 Å². The largest absolute Gasteiger partial charge is 0.335 e. The third kappa shape index (κ3) is 3.69. The number of rotatable bonds is 3. The molecule has 19 heavy (non-hydrogen) atoms. The van der Waals surface area contributed by atoms with Crippen molar-refractivity contribution in [3.05, 3.63) is 34.6 Å². The molecule has 0 atom stereocenters. The number of benzene rings is 1. The van der Waals surface area contributed by atoms with E-state index in [0.717, 1.165) is 18.4 Å². The summed E-state index contributed by atoms with van der Waals surface area (Å²) < 4.78 is 13.5. The average Bonchev–Trinajstić information content (AvgIpc) is 2.86. The summed E-state index contributed by atoms with van der Waals surface area (Å²) in [6, 6.07) is 3.74. The van der Waals surface area contributed by atoms with Gasteiger partial charge in [0, 0.05) is 12.6 Å². The molecule has 1 aliphatic rings. The van der Waals surface area contributed by atoms with Crippen LogP contribution in [-0.2, 0) is 6.54 Å². The molecule has 0 heterocycles. The van der Waals surface area contributed by atoms with Crippen LogP contribution in [0.5, 0.6) is 0 Å². The van der Waals surface area contributed by atoms with Gasteiger partial charge < -0.3 is 10.6 Å². The summed E-state index contributed by atoms with van der Waals surface area (Å²) in [6.07, 6.45) is 4.53. The van der Waals surface area contributed by atoms with Gasteiger partial charge in [-0.3, -0.25) is 0 Å². The van der Waals surface area contributed by atoms with Crippen LogP contribution >= 0.6 is 0 Å². The molecule has 1 fully saturated rings. The van der Waals surface area contributed by atoms with E-state index in [1.807, 2.05) is 0 Å². The molecule has 2 amide bonds. The van der Waals surface area contributed by atoms with Gasteiger partial charge in [-0.25, -0.2) is 9.18 Å². The van der Waals surface area contributed by atoms with Gasteiger partial charge in [0.2, 0.25) is 0 Å². The first-order chi connectivity index (χ1) is 9.06. The Balaban J connectivity index is 1.86. The second kappa shape index (κ2) is 6.04. The molecule has 0 aliphatic heterocycles. The Morgan fingerprint density at radius 3 is 2.42 bits per heavy atom. The summed E-state index contributed by atoms with van der Waals surface area (Å²) >= 11 is 0. The first-order valence-electron chi connectivity index (χ1n) is 6.86. The van der Waals surface area contributed by atoms with Crippen LogP contribution in [0.2, 0.25) is 0 Å². The number of halogens is 1.